The van der Waals surface area contributed by atoms with Crippen molar-refractivity contribution in [3.63, 3.8) is 0 Å². The van der Waals surface area contributed by atoms with Gasteiger partial charge in [-0.1, -0.05) is 23.2 Å². The van der Waals surface area contributed by atoms with Crippen molar-refractivity contribution in [2.45, 2.75) is 13.0 Å². The minimum Gasteiger partial charge on any atom is -0.348 e. The molecule has 3 nitrogen and oxygen atoms in total. The van der Waals surface area contributed by atoms with Crippen LogP contribution in [0.25, 0.3) is 0 Å². The van der Waals surface area contributed by atoms with Gasteiger partial charge < -0.3 is 10.2 Å². The number of nitrogens with zero attached hydrogens (tertiary/aromatic N) is 1. The highest BCUT2D eigenvalue weighted by atomic mass is 35.5. The summed E-state index contributed by atoms with van der Waals surface area (Å²) >= 11 is 11.9. The van der Waals surface area contributed by atoms with Crippen LogP contribution < -0.4 is 5.32 Å². The molecule has 0 aliphatic heterocycles. The molecule has 0 aliphatic carbocycles. The number of benzene rings is 1. The zero-order valence-electron chi connectivity index (χ0n) is 10.4. The number of nitrogens with one attached hydrogen (secondary N) is 1. The second-order valence-electron chi connectivity index (χ2n) is 4.15. The molecule has 1 N–H and O–H groups in total. The van der Waals surface area contributed by atoms with Crippen molar-refractivity contribution in [3.05, 3.63) is 33.6 Å². The molecule has 1 aromatic carbocycles. The fourth-order valence-corrected chi connectivity index (χ4v) is 2.14. The molecule has 0 spiro atoms. The molecule has 1 amide bonds. The third-order valence-electron chi connectivity index (χ3n) is 2.57. The summed E-state index contributed by atoms with van der Waals surface area (Å²) in [5.41, 5.74) is 0.463. The molecule has 18 heavy (non-hydrogen) atoms. The van der Waals surface area contributed by atoms with Gasteiger partial charge in [0, 0.05) is 30.7 Å². The van der Waals surface area contributed by atoms with Crippen LogP contribution in [0.5, 0.6) is 0 Å². The van der Waals surface area contributed by atoms with Gasteiger partial charge in [-0.3, -0.25) is 4.79 Å². The van der Waals surface area contributed by atoms with E-state index in [1.165, 1.54) is 17.0 Å². The maximum Gasteiger partial charge on any atom is 0.236 e. The topological polar surface area (TPSA) is 32.3 Å². The summed E-state index contributed by atoms with van der Waals surface area (Å²) in [4.78, 5) is 12.9. The van der Waals surface area contributed by atoms with Crippen LogP contribution >= 0.6 is 23.2 Å². The fraction of sp³-hybridized carbons (Fsp3) is 0.417. The maximum absolute atomic E-state index is 13.4. The predicted octanol–water partition coefficient (Wildman–Crippen LogP) is 2.87. The summed E-state index contributed by atoms with van der Waals surface area (Å²) in [6.45, 7) is 1.91. The molecule has 6 heteroatoms. The summed E-state index contributed by atoms with van der Waals surface area (Å²) in [7, 11) is 3.33. The smallest absolute Gasteiger partial charge is 0.236 e. The minimum absolute atomic E-state index is 0.0141. The van der Waals surface area contributed by atoms with Crippen LogP contribution in [0.1, 0.15) is 18.5 Å². The average Bonchev–Trinajstić information content (AvgIpc) is 2.31. The van der Waals surface area contributed by atoms with E-state index in [4.69, 9.17) is 23.2 Å². The van der Waals surface area contributed by atoms with Gasteiger partial charge >= 0.3 is 0 Å². The zero-order chi connectivity index (χ0) is 13.9. The molecule has 0 saturated carbocycles. The number of carbonyl (C=O) groups is 1. The van der Waals surface area contributed by atoms with Gasteiger partial charge in [0.1, 0.15) is 5.82 Å². The normalized spacial score (nSPS) is 12.3. The van der Waals surface area contributed by atoms with Crippen LogP contribution in [0, 0.1) is 5.82 Å². The van der Waals surface area contributed by atoms with Gasteiger partial charge in [0.25, 0.3) is 0 Å². The van der Waals surface area contributed by atoms with E-state index in [2.05, 4.69) is 5.32 Å². The molecule has 0 aliphatic rings. The monoisotopic (exact) mass is 292 g/mol. The lowest BCUT2D eigenvalue weighted by Gasteiger charge is -2.18. The van der Waals surface area contributed by atoms with Crippen molar-refractivity contribution in [2.24, 2.45) is 0 Å². The lowest BCUT2D eigenvalue weighted by atomic mass is 10.1. The van der Waals surface area contributed by atoms with Crippen LogP contribution in [-0.2, 0) is 4.79 Å². The van der Waals surface area contributed by atoms with Crippen molar-refractivity contribution in [3.8, 4) is 0 Å². The molecule has 0 aromatic heterocycles. The SMILES string of the molecule is CC(NCC(=O)N(C)C)c1c(Cl)ccc(F)c1Cl. The first-order chi connectivity index (χ1) is 8.34. The van der Waals surface area contributed by atoms with Gasteiger partial charge in [0.2, 0.25) is 5.91 Å². The molecule has 100 valence electrons. The van der Waals surface area contributed by atoms with Crippen LogP contribution in [0.15, 0.2) is 12.1 Å². The Labute approximate surface area is 116 Å². The minimum atomic E-state index is -0.524. The van der Waals surface area contributed by atoms with Crippen LogP contribution in [0.2, 0.25) is 10.0 Å². The van der Waals surface area contributed by atoms with Crippen molar-refractivity contribution in [2.75, 3.05) is 20.6 Å². The van der Waals surface area contributed by atoms with E-state index in [9.17, 15) is 9.18 Å². The van der Waals surface area contributed by atoms with Crippen molar-refractivity contribution < 1.29 is 9.18 Å². The Morgan fingerprint density at radius 2 is 2.06 bits per heavy atom. The second-order valence-corrected chi connectivity index (χ2v) is 4.93. The summed E-state index contributed by atoms with van der Waals surface area (Å²) in [5.74, 6) is -0.603. The lowest BCUT2D eigenvalue weighted by molar-refractivity contribution is -0.127. The summed E-state index contributed by atoms with van der Waals surface area (Å²) in [5, 5.41) is 3.32. The van der Waals surface area contributed by atoms with Gasteiger partial charge in [-0.15, -0.1) is 0 Å². The van der Waals surface area contributed by atoms with E-state index in [1.54, 1.807) is 21.0 Å². The summed E-state index contributed by atoms with van der Waals surface area (Å²) in [6, 6.07) is 2.35. The highest BCUT2D eigenvalue weighted by molar-refractivity contribution is 6.36. The molecule has 1 aromatic rings. The van der Waals surface area contributed by atoms with Gasteiger partial charge in [-0.2, -0.15) is 0 Å². The number of carbonyl (C=O) groups excluding carboxylic acids is 1. The molecule has 1 atom stereocenters. The number of hydrogen-bond acceptors (Lipinski definition) is 2. The molecule has 0 radical (unpaired) electrons. The quantitative estimate of drug-likeness (QED) is 0.866. The Kier molecular flexibility index (Phi) is 5.38. The molecule has 0 bridgehead atoms. The van der Waals surface area contributed by atoms with Crippen LogP contribution in [0.4, 0.5) is 4.39 Å². The highest BCUT2D eigenvalue weighted by Crippen LogP contribution is 2.32. The number of halogens is 3. The lowest BCUT2D eigenvalue weighted by Crippen LogP contribution is -2.34. The first kappa shape index (κ1) is 15.2. The number of likely N-dealkylation sites (N-methyl/N-ethyl adjacent to an activating group) is 1. The largest absolute Gasteiger partial charge is 0.348 e. The highest BCUT2D eigenvalue weighted by Gasteiger charge is 2.17. The van der Waals surface area contributed by atoms with Crippen molar-refractivity contribution >= 4 is 29.1 Å². The zero-order valence-corrected chi connectivity index (χ0v) is 11.9. The predicted molar refractivity (Wildman–Crippen MR) is 71.5 cm³/mol. The second kappa shape index (κ2) is 6.36. The van der Waals surface area contributed by atoms with Gasteiger partial charge in [0.05, 0.1) is 11.6 Å². The van der Waals surface area contributed by atoms with Gasteiger partial charge in [0.15, 0.2) is 0 Å². The van der Waals surface area contributed by atoms with E-state index in [-0.39, 0.29) is 23.5 Å². The first-order valence-corrected chi connectivity index (χ1v) is 6.17. The van der Waals surface area contributed by atoms with E-state index in [0.717, 1.165) is 0 Å². The molecular weight excluding hydrogens is 278 g/mol. The van der Waals surface area contributed by atoms with Crippen molar-refractivity contribution in [1.29, 1.82) is 0 Å². The maximum atomic E-state index is 13.4. The van der Waals surface area contributed by atoms with Gasteiger partial charge in [-0.05, 0) is 19.1 Å². The summed E-state index contributed by atoms with van der Waals surface area (Å²) < 4.78 is 13.4. The Morgan fingerprint density at radius 3 is 2.61 bits per heavy atom. The molecule has 1 rings (SSSR count). The number of amides is 1. The molecule has 0 saturated heterocycles. The standard InChI is InChI=1S/C12H15Cl2FN2O/c1-7(16-6-10(18)17(2)3)11-8(13)4-5-9(15)12(11)14/h4-5,7,16H,6H2,1-3H3. The van der Waals surface area contributed by atoms with E-state index in [1.807, 2.05) is 0 Å². The van der Waals surface area contributed by atoms with Crippen molar-refractivity contribution in [1.82, 2.24) is 10.2 Å². The third-order valence-corrected chi connectivity index (χ3v) is 3.28. The Morgan fingerprint density at radius 1 is 1.44 bits per heavy atom. The molecule has 0 heterocycles. The Bertz CT molecular complexity index is 452. The molecular formula is C12H15Cl2FN2O. The number of hydrogen-bond donors (Lipinski definition) is 1. The van der Waals surface area contributed by atoms with Gasteiger partial charge in [-0.25, -0.2) is 4.39 Å². The van der Waals surface area contributed by atoms with Crippen LogP contribution in [-0.4, -0.2) is 31.4 Å². The number of rotatable bonds is 4. The van der Waals surface area contributed by atoms with Crippen LogP contribution in [0.3, 0.4) is 0 Å². The van der Waals surface area contributed by atoms with E-state index >= 15 is 0 Å². The Balaban J connectivity index is 2.82. The average molecular weight is 293 g/mol. The van der Waals surface area contributed by atoms with E-state index < -0.39 is 5.82 Å². The molecule has 0 fully saturated rings. The third kappa shape index (κ3) is 3.57. The van der Waals surface area contributed by atoms with E-state index in [0.29, 0.717) is 10.6 Å². The fourth-order valence-electron chi connectivity index (χ4n) is 1.44. The summed E-state index contributed by atoms with van der Waals surface area (Å²) in [6.07, 6.45) is 0. The molecule has 1 unspecified atom stereocenters. The Hall–Kier alpha value is -0.840. The first-order valence-electron chi connectivity index (χ1n) is 5.41.